The van der Waals surface area contributed by atoms with Crippen molar-refractivity contribution in [2.75, 3.05) is 9.80 Å². The van der Waals surface area contributed by atoms with E-state index < -0.39 is 58.5 Å². The first-order valence-electron chi connectivity index (χ1n) is 16.8. The van der Waals surface area contributed by atoms with Crippen molar-refractivity contribution in [3.8, 4) is 17.2 Å². The Morgan fingerprint density at radius 3 is 2.37 bits per heavy atom. The van der Waals surface area contributed by atoms with Gasteiger partial charge >= 0.3 is 0 Å². The third-order valence-corrected chi connectivity index (χ3v) is 11.9. The summed E-state index contributed by atoms with van der Waals surface area (Å²) in [4.78, 5) is 64.3. The molecule has 4 aliphatic rings. The number of aromatic nitrogens is 1. The Morgan fingerprint density at radius 1 is 0.865 bits per heavy atom. The number of allylic oxidation sites excluding steroid dienone is 2. The van der Waals surface area contributed by atoms with Crippen LogP contribution in [0.5, 0.6) is 5.75 Å². The van der Waals surface area contributed by atoms with E-state index in [1.807, 2.05) is 30.3 Å². The molecule has 3 heterocycles. The minimum Gasteiger partial charge on any atom is -0.508 e. The van der Waals surface area contributed by atoms with Crippen molar-refractivity contribution in [1.82, 2.24) is 4.98 Å². The highest BCUT2D eigenvalue weighted by Gasteiger charge is 2.68. The predicted octanol–water partition coefficient (Wildman–Crippen LogP) is 8.08. The standard InChI is InChI=1S/C40H28Cl2FN3O6/c1-40-27(37(49)46(39(40)51)22-11-14-29(43)28(42)17-22)18-25-23(34(40)26-16-20(41)8-15-31(26)47)12-13-24-33(25)38(50)45(36(24)48)21-9-6-19(7-10-21)35-44-30-4-2-3-5-32(30)52-35/h2-12,14-17,24-25,27,33-34,47H,13,18H2,1H3/t24-,25+,27-,33-,34+,40+/m0/s1. The van der Waals surface area contributed by atoms with Crippen LogP contribution in [0.4, 0.5) is 15.8 Å². The summed E-state index contributed by atoms with van der Waals surface area (Å²) in [5, 5.41) is 11.3. The van der Waals surface area contributed by atoms with E-state index in [2.05, 4.69) is 4.98 Å². The lowest BCUT2D eigenvalue weighted by atomic mass is 9.51. The molecular weight excluding hydrogens is 708 g/mol. The van der Waals surface area contributed by atoms with Crippen molar-refractivity contribution >= 4 is 69.3 Å². The van der Waals surface area contributed by atoms with E-state index in [-0.39, 0.29) is 35.2 Å². The summed E-state index contributed by atoms with van der Waals surface area (Å²) in [6.45, 7) is 1.68. The highest BCUT2D eigenvalue weighted by atomic mass is 35.5. The normalized spacial score (nSPS) is 26.8. The van der Waals surface area contributed by atoms with Gasteiger partial charge in [-0.15, -0.1) is 0 Å². The fourth-order valence-corrected chi connectivity index (χ4v) is 9.34. The van der Waals surface area contributed by atoms with Gasteiger partial charge in [-0.1, -0.05) is 47.0 Å². The van der Waals surface area contributed by atoms with Crippen LogP contribution in [0, 0.1) is 34.9 Å². The average Bonchev–Trinajstić information content (AvgIpc) is 3.74. The Kier molecular flexibility index (Phi) is 7.26. The Balaban J connectivity index is 1.11. The van der Waals surface area contributed by atoms with E-state index in [1.165, 1.54) is 29.2 Å². The lowest BCUT2D eigenvalue weighted by Crippen LogP contribution is -2.48. The van der Waals surface area contributed by atoms with E-state index in [4.69, 9.17) is 27.6 Å². The van der Waals surface area contributed by atoms with Crippen LogP contribution >= 0.6 is 23.2 Å². The van der Waals surface area contributed by atoms with Gasteiger partial charge in [0.15, 0.2) is 5.58 Å². The SMILES string of the molecule is C[C@@]12C(=O)N(c3ccc(F)c(Cl)c3)C(=O)[C@@H]1C[C@@H]1C(=CC[C@@H]3C(=O)N(c4ccc(-c5nc6ccccc6o5)cc4)C(=O)[C@@H]31)[C@@H]2c1cc(Cl)ccc1O. The number of carbonyl (C=O) groups is 4. The Morgan fingerprint density at radius 2 is 1.62 bits per heavy atom. The summed E-state index contributed by atoms with van der Waals surface area (Å²) < 4.78 is 20.1. The molecule has 2 saturated heterocycles. The lowest BCUT2D eigenvalue weighted by Gasteiger charge is -2.49. The number of phenolic OH excluding ortho intramolecular Hbond substituents is 1. The summed E-state index contributed by atoms with van der Waals surface area (Å²) in [6, 6.07) is 22.4. The fraction of sp³-hybridized carbons (Fsp3) is 0.225. The zero-order valence-electron chi connectivity index (χ0n) is 27.4. The number of anilines is 2. The van der Waals surface area contributed by atoms with Crippen molar-refractivity contribution < 1.29 is 33.1 Å². The van der Waals surface area contributed by atoms with Gasteiger partial charge in [0.05, 0.1) is 39.6 Å². The molecule has 0 spiro atoms. The van der Waals surface area contributed by atoms with E-state index in [1.54, 1.807) is 37.3 Å². The summed E-state index contributed by atoms with van der Waals surface area (Å²) in [7, 11) is 0. The highest BCUT2D eigenvalue weighted by molar-refractivity contribution is 6.32. The second-order valence-electron chi connectivity index (χ2n) is 14.0. The molecule has 0 unspecified atom stereocenters. The maximum atomic E-state index is 14.6. The number of rotatable bonds is 4. The third-order valence-electron chi connectivity index (χ3n) is 11.4. The van der Waals surface area contributed by atoms with Gasteiger partial charge in [0, 0.05) is 22.1 Å². The Hall–Kier alpha value is -5.32. The van der Waals surface area contributed by atoms with Crippen LogP contribution < -0.4 is 9.80 Å². The molecular formula is C40H28Cl2FN3O6. The predicted molar refractivity (Wildman–Crippen MR) is 191 cm³/mol. The quantitative estimate of drug-likeness (QED) is 0.146. The number of amides is 4. The molecule has 1 N–H and O–H groups in total. The zero-order chi connectivity index (χ0) is 36.2. The van der Waals surface area contributed by atoms with Crippen LogP contribution in [-0.4, -0.2) is 33.7 Å². The molecule has 9 nitrogen and oxygen atoms in total. The number of imide groups is 2. The second kappa shape index (κ2) is 11.6. The van der Waals surface area contributed by atoms with Gasteiger partial charge in [-0.25, -0.2) is 14.3 Å². The molecule has 260 valence electrons. The van der Waals surface area contributed by atoms with Crippen molar-refractivity contribution in [2.24, 2.45) is 29.1 Å². The molecule has 5 aromatic rings. The number of carbonyl (C=O) groups excluding carboxylic acids is 4. The minimum absolute atomic E-state index is 0.0981. The number of hydrogen-bond donors (Lipinski definition) is 1. The molecule has 3 fully saturated rings. The first-order valence-corrected chi connectivity index (χ1v) is 17.6. The van der Waals surface area contributed by atoms with Gasteiger partial charge in [-0.2, -0.15) is 0 Å². The van der Waals surface area contributed by atoms with E-state index in [9.17, 15) is 28.7 Å². The average molecular weight is 737 g/mol. The van der Waals surface area contributed by atoms with Gasteiger partial charge in [0.1, 0.15) is 17.1 Å². The number of nitrogens with zero attached hydrogens (tertiary/aromatic N) is 3. The topological polar surface area (TPSA) is 121 Å². The second-order valence-corrected chi connectivity index (χ2v) is 14.9. The molecule has 2 aliphatic heterocycles. The largest absolute Gasteiger partial charge is 0.508 e. The Labute approximate surface area is 306 Å². The van der Waals surface area contributed by atoms with Crippen LogP contribution in [0.25, 0.3) is 22.6 Å². The van der Waals surface area contributed by atoms with Gasteiger partial charge in [0.25, 0.3) is 0 Å². The molecule has 4 amide bonds. The number of oxazole rings is 1. The van der Waals surface area contributed by atoms with Crippen LogP contribution in [-0.2, 0) is 19.2 Å². The first kappa shape index (κ1) is 32.6. The molecule has 2 aliphatic carbocycles. The molecule has 12 heteroatoms. The van der Waals surface area contributed by atoms with Crippen molar-refractivity contribution in [1.29, 1.82) is 0 Å². The molecule has 52 heavy (non-hydrogen) atoms. The number of benzene rings is 4. The number of hydrogen-bond acceptors (Lipinski definition) is 7. The van der Waals surface area contributed by atoms with Crippen molar-refractivity contribution in [2.45, 2.75) is 25.7 Å². The van der Waals surface area contributed by atoms with Gasteiger partial charge in [-0.3, -0.25) is 24.1 Å². The molecule has 1 saturated carbocycles. The minimum atomic E-state index is -1.43. The summed E-state index contributed by atoms with van der Waals surface area (Å²) >= 11 is 12.5. The van der Waals surface area contributed by atoms with Gasteiger partial charge in [0.2, 0.25) is 29.5 Å². The van der Waals surface area contributed by atoms with E-state index in [0.717, 1.165) is 11.0 Å². The van der Waals surface area contributed by atoms with Crippen LogP contribution in [0.1, 0.15) is 31.2 Å². The lowest BCUT2D eigenvalue weighted by molar-refractivity contribution is -0.131. The number of halogens is 3. The Bertz CT molecular complexity index is 2390. The van der Waals surface area contributed by atoms with Gasteiger partial charge < -0.3 is 9.52 Å². The summed E-state index contributed by atoms with van der Waals surface area (Å²) in [6.07, 6.45) is 2.20. The van der Waals surface area contributed by atoms with Crippen LogP contribution in [0.3, 0.4) is 0 Å². The monoisotopic (exact) mass is 735 g/mol. The molecule has 9 rings (SSSR count). The number of aromatic hydroxyl groups is 1. The third kappa shape index (κ3) is 4.56. The zero-order valence-corrected chi connectivity index (χ0v) is 28.9. The maximum Gasteiger partial charge on any atom is 0.241 e. The molecule has 6 atom stereocenters. The first-order chi connectivity index (χ1) is 25.0. The fourth-order valence-electron chi connectivity index (χ4n) is 8.99. The van der Waals surface area contributed by atoms with E-state index in [0.29, 0.717) is 44.4 Å². The van der Waals surface area contributed by atoms with Crippen molar-refractivity contribution in [3.63, 3.8) is 0 Å². The molecule has 0 bridgehead atoms. The highest BCUT2D eigenvalue weighted by Crippen LogP contribution is 2.64. The molecule has 1 aromatic heterocycles. The van der Waals surface area contributed by atoms with E-state index >= 15 is 0 Å². The summed E-state index contributed by atoms with van der Waals surface area (Å²) in [5.74, 6) is -6.24. The molecule has 4 aromatic carbocycles. The van der Waals surface area contributed by atoms with Crippen LogP contribution in [0.15, 0.2) is 101 Å². The van der Waals surface area contributed by atoms with Crippen molar-refractivity contribution in [3.05, 3.63) is 118 Å². The maximum absolute atomic E-state index is 14.6. The number of para-hydroxylation sites is 2. The smallest absolute Gasteiger partial charge is 0.241 e. The van der Waals surface area contributed by atoms with Crippen LogP contribution in [0.2, 0.25) is 10.0 Å². The van der Waals surface area contributed by atoms with Gasteiger partial charge in [-0.05, 0) is 98.5 Å². The number of fused-ring (bicyclic) bond motifs is 5. The number of phenols is 1. The summed E-state index contributed by atoms with van der Waals surface area (Å²) in [5.41, 5.74) is 2.11. The molecule has 0 radical (unpaired) electrons.